The summed E-state index contributed by atoms with van der Waals surface area (Å²) in [6.07, 6.45) is -0.619. The van der Waals surface area contributed by atoms with Crippen LogP contribution in [0.25, 0.3) is 0 Å². The van der Waals surface area contributed by atoms with Gasteiger partial charge in [0.15, 0.2) is 11.5 Å². The minimum atomic E-state index is -0.619. The van der Waals surface area contributed by atoms with Gasteiger partial charge >= 0.3 is 0 Å². The van der Waals surface area contributed by atoms with Gasteiger partial charge in [0.1, 0.15) is 13.2 Å². The van der Waals surface area contributed by atoms with Crippen molar-refractivity contribution in [2.75, 3.05) is 19.8 Å². The lowest BCUT2D eigenvalue weighted by atomic mass is 9.86. The van der Waals surface area contributed by atoms with E-state index in [1.807, 2.05) is 18.2 Å². The third kappa shape index (κ3) is 2.44. The molecule has 0 spiro atoms. The first-order valence-corrected chi connectivity index (χ1v) is 6.41. The molecule has 4 nitrogen and oxygen atoms in total. The SMILES string of the molecule is CC(C)C(CN)C(O)c1cccc2c1OCCO2. The maximum absolute atomic E-state index is 10.5. The number of ether oxygens (including phenoxy) is 2. The molecule has 3 N–H and O–H groups in total. The van der Waals surface area contributed by atoms with Gasteiger partial charge in [0, 0.05) is 11.5 Å². The first-order valence-electron chi connectivity index (χ1n) is 6.41. The van der Waals surface area contributed by atoms with Crippen molar-refractivity contribution in [1.82, 2.24) is 0 Å². The fourth-order valence-electron chi connectivity index (χ4n) is 2.33. The van der Waals surface area contributed by atoms with Crippen LogP contribution in [0.4, 0.5) is 0 Å². The summed E-state index contributed by atoms with van der Waals surface area (Å²) >= 11 is 0. The number of nitrogens with two attached hydrogens (primary N) is 1. The molecule has 0 radical (unpaired) electrons. The van der Waals surface area contributed by atoms with Crippen LogP contribution in [0, 0.1) is 11.8 Å². The van der Waals surface area contributed by atoms with Crippen LogP contribution < -0.4 is 15.2 Å². The fraction of sp³-hybridized carbons (Fsp3) is 0.571. The molecule has 1 heterocycles. The number of benzene rings is 1. The number of rotatable bonds is 4. The van der Waals surface area contributed by atoms with Gasteiger partial charge in [-0.25, -0.2) is 0 Å². The number of aliphatic hydroxyl groups is 1. The van der Waals surface area contributed by atoms with Crippen LogP contribution in [-0.2, 0) is 0 Å². The minimum absolute atomic E-state index is 0.0158. The second-order valence-electron chi connectivity index (χ2n) is 4.96. The van der Waals surface area contributed by atoms with E-state index >= 15 is 0 Å². The Hall–Kier alpha value is -1.26. The number of hydrogen-bond donors (Lipinski definition) is 2. The highest BCUT2D eigenvalue weighted by Gasteiger charge is 2.27. The summed E-state index contributed by atoms with van der Waals surface area (Å²) in [6.45, 7) is 5.65. The second-order valence-corrected chi connectivity index (χ2v) is 4.96. The van der Waals surface area contributed by atoms with Gasteiger partial charge < -0.3 is 20.3 Å². The lowest BCUT2D eigenvalue weighted by Gasteiger charge is -2.28. The van der Waals surface area contributed by atoms with Crippen LogP contribution >= 0.6 is 0 Å². The average Bonchev–Trinajstić information content (AvgIpc) is 2.38. The minimum Gasteiger partial charge on any atom is -0.486 e. The van der Waals surface area contributed by atoms with Gasteiger partial charge in [0.25, 0.3) is 0 Å². The molecule has 0 aromatic heterocycles. The summed E-state index contributed by atoms with van der Waals surface area (Å²) < 4.78 is 11.1. The van der Waals surface area contributed by atoms with Crippen molar-refractivity contribution in [3.05, 3.63) is 23.8 Å². The molecule has 18 heavy (non-hydrogen) atoms. The smallest absolute Gasteiger partial charge is 0.167 e. The van der Waals surface area contributed by atoms with Crippen molar-refractivity contribution < 1.29 is 14.6 Å². The van der Waals surface area contributed by atoms with Crippen molar-refractivity contribution >= 4 is 0 Å². The molecule has 0 bridgehead atoms. The van der Waals surface area contributed by atoms with Gasteiger partial charge in [-0.15, -0.1) is 0 Å². The Morgan fingerprint density at radius 3 is 2.67 bits per heavy atom. The van der Waals surface area contributed by atoms with Gasteiger partial charge in [-0.3, -0.25) is 0 Å². The fourth-order valence-corrected chi connectivity index (χ4v) is 2.33. The van der Waals surface area contributed by atoms with Gasteiger partial charge in [-0.2, -0.15) is 0 Å². The predicted molar refractivity (Wildman–Crippen MR) is 69.8 cm³/mol. The maximum Gasteiger partial charge on any atom is 0.167 e. The summed E-state index contributed by atoms with van der Waals surface area (Å²) in [5.41, 5.74) is 6.53. The van der Waals surface area contributed by atoms with E-state index in [9.17, 15) is 5.11 Å². The Bertz CT molecular complexity index is 406. The van der Waals surface area contributed by atoms with Crippen molar-refractivity contribution in [1.29, 1.82) is 0 Å². The van der Waals surface area contributed by atoms with E-state index in [1.54, 1.807) is 0 Å². The van der Waals surface area contributed by atoms with Gasteiger partial charge in [-0.1, -0.05) is 26.0 Å². The Labute approximate surface area is 108 Å². The summed E-state index contributed by atoms with van der Waals surface area (Å²) in [7, 11) is 0. The van der Waals surface area contributed by atoms with E-state index in [-0.39, 0.29) is 5.92 Å². The molecule has 0 aliphatic carbocycles. The van der Waals surface area contributed by atoms with E-state index in [4.69, 9.17) is 15.2 Å². The highest BCUT2D eigenvalue weighted by atomic mass is 16.6. The van der Waals surface area contributed by atoms with Crippen molar-refractivity contribution in [3.63, 3.8) is 0 Å². The quantitative estimate of drug-likeness (QED) is 0.855. The van der Waals surface area contributed by atoms with Gasteiger partial charge in [0.2, 0.25) is 0 Å². The highest BCUT2D eigenvalue weighted by Crippen LogP contribution is 2.40. The van der Waals surface area contributed by atoms with Crippen molar-refractivity contribution in [2.45, 2.75) is 20.0 Å². The molecule has 2 rings (SSSR count). The van der Waals surface area contributed by atoms with Crippen LogP contribution in [0.15, 0.2) is 18.2 Å². The molecule has 1 aromatic rings. The molecular weight excluding hydrogens is 230 g/mol. The topological polar surface area (TPSA) is 64.7 Å². The van der Waals surface area contributed by atoms with Crippen LogP contribution in [0.3, 0.4) is 0 Å². The Morgan fingerprint density at radius 1 is 1.28 bits per heavy atom. The lowest BCUT2D eigenvalue weighted by molar-refractivity contribution is 0.0788. The number of hydrogen-bond acceptors (Lipinski definition) is 4. The van der Waals surface area contributed by atoms with Crippen LogP contribution in [-0.4, -0.2) is 24.9 Å². The van der Waals surface area contributed by atoms with Crippen LogP contribution in [0.2, 0.25) is 0 Å². The van der Waals surface area contributed by atoms with E-state index in [1.165, 1.54) is 0 Å². The summed E-state index contributed by atoms with van der Waals surface area (Å²) in [4.78, 5) is 0. The molecule has 0 saturated carbocycles. The zero-order valence-corrected chi connectivity index (χ0v) is 10.9. The third-order valence-electron chi connectivity index (χ3n) is 3.45. The highest BCUT2D eigenvalue weighted by molar-refractivity contribution is 5.48. The van der Waals surface area contributed by atoms with E-state index in [0.29, 0.717) is 37.2 Å². The third-order valence-corrected chi connectivity index (χ3v) is 3.45. The van der Waals surface area contributed by atoms with Crippen LogP contribution in [0.1, 0.15) is 25.5 Å². The normalized spacial score (nSPS) is 17.6. The Balaban J connectivity index is 2.32. The summed E-state index contributed by atoms with van der Waals surface area (Å²) in [5.74, 6) is 1.69. The molecule has 4 heteroatoms. The molecule has 1 aliphatic rings. The maximum atomic E-state index is 10.5. The molecule has 0 amide bonds. The first-order chi connectivity index (χ1) is 8.65. The van der Waals surface area contributed by atoms with Crippen molar-refractivity contribution in [2.24, 2.45) is 17.6 Å². The average molecular weight is 251 g/mol. The van der Waals surface area contributed by atoms with Crippen LogP contribution in [0.5, 0.6) is 11.5 Å². The monoisotopic (exact) mass is 251 g/mol. The predicted octanol–water partition coefficient (Wildman–Crippen LogP) is 1.72. The van der Waals surface area contributed by atoms with Gasteiger partial charge in [0.05, 0.1) is 6.10 Å². The first kappa shape index (κ1) is 13.2. The Kier molecular flexibility index (Phi) is 4.09. The zero-order chi connectivity index (χ0) is 13.1. The lowest BCUT2D eigenvalue weighted by Crippen LogP contribution is -2.27. The molecule has 100 valence electrons. The molecule has 2 unspecified atom stereocenters. The summed E-state index contributed by atoms with van der Waals surface area (Å²) in [6, 6.07) is 5.61. The van der Waals surface area contributed by atoms with Gasteiger partial charge in [-0.05, 0) is 18.5 Å². The number of para-hydroxylation sites is 1. The number of fused-ring (bicyclic) bond motifs is 1. The van der Waals surface area contributed by atoms with Crippen molar-refractivity contribution in [3.8, 4) is 11.5 Å². The van der Waals surface area contributed by atoms with E-state index < -0.39 is 6.10 Å². The Morgan fingerprint density at radius 2 is 2.00 bits per heavy atom. The van der Waals surface area contributed by atoms with E-state index in [0.717, 1.165) is 5.56 Å². The standard InChI is InChI=1S/C14H21NO3/c1-9(2)11(8-15)13(16)10-4-3-5-12-14(10)18-7-6-17-12/h3-5,9,11,13,16H,6-8,15H2,1-2H3. The summed E-state index contributed by atoms with van der Waals surface area (Å²) in [5, 5.41) is 10.5. The molecule has 0 saturated heterocycles. The second kappa shape index (κ2) is 5.59. The molecule has 2 atom stereocenters. The molecular formula is C14H21NO3. The molecule has 1 aromatic carbocycles. The molecule has 0 fully saturated rings. The van der Waals surface area contributed by atoms with E-state index in [2.05, 4.69) is 13.8 Å². The number of aliphatic hydroxyl groups excluding tert-OH is 1. The molecule has 1 aliphatic heterocycles. The zero-order valence-electron chi connectivity index (χ0n) is 10.9. The largest absolute Gasteiger partial charge is 0.486 e.